The number of aromatic nitrogens is 2. The lowest BCUT2D eigenvalue weighted by atomic mass is 9.78. The van der Waals surface area contributed by atoms with Crippen LogP contribution in [0.5, 0.6) is 0 Å². The SMILES string of the molecule is CCCCCCC1CCC(CCc2cnc(-c3ccc(CCC=CCl)cc3)nc2)CC1. The number of rotatable bonds is 12. The molecule has 0 aliphatic heterocycles. The maximum atomic E-state index is 5.59. The molecule has 3 rings (SSSR count). The fourth-order valence-electron chi connectivity index (χ4n) is 4.81. The second-order valence-corrected chi connectivity index (χ2v) is 9.54. The monoisotopic (exact) mass is 438 g/mol. The van der Waals surface area contributed by atoms with Crippen molar-refractivity contribution >= 4 is 11.6 Å². The van der Waals surface area contributed by atoms with Crippen molar-refractivity contribution < 1.29 is 0 Å². The van der Waals surface area contributed by atoms with Crippen LogP contribution < -0.4 is 0 Å². The summed E-state index contributed by atoms with van der Waals surface area (Å²) in [5.74, 6) is 2.71. The highest BCUT2D eigenvalue weighted by molar-refractivity contribution is 6.25. The van der Waals surface area contributed by atoms with Crippen LogP contribution in [0.1, 0.15) is 88.7 Å². The zero-order valence-corrected chi connectivity index (χ0v) is 20.0. The number of aryl methyl sites for hydroxylation is 2. The van der Waals surface area contributed by atoms with Crippen LogP contribution in [0, 0.1) is 11.8 Å². The van der Waals surface area contributed by atoms with E-state index in [0.29, 0.717) is 0 Å². The summed E-state index contributed by atoms with van der Waals surface area (Å²) < 4.78 is 0. The lowest BCUT2D eigenvalue weighted by Gasteiger charge is -2.28. The van der Waals surface area contributed by atoms with Crippen LogP contribution in [-0.2, 0) is 12.8 Å². The van der Waals surface area contributed by atoms with Gasteiger partial charge >= 0.3 is 0 Å². The maximum absolute atomic E-state index is 5.59. The second kappa shape index (κ2) is 13.7. The quantitative estimate of drug-likeness (QED) is 0.310. The van der Waals surface area contributed by atoms with Crippen LogP contribution >= 0.6 is 11.6 Å². The molecule has 3 heteroatoms. The van der Waals surface area contributed by atoms with Crippen LogP contribution in [0.4, 0.5) is 0 Å². The second-order valence-electron chi connectivity index (χ2n) is 9.29. The smallest absolute Gasteiger partial charge is 0.159 e. The number of allylic oxidation sites excluding steroid dienone is 1. The van der Waals surface area contributed by atoms with Crippen molar-refractivity contribution in [1.29, 1.82) is 0 Å². The van der Waals surface area contributed by atoms with E-state index in [-0.39, 0.29) is 0 Å². The van der Waals surface area contributed by atoms with Crippen molar-refractivity contribution in [2.24, 2.45) is 11.8 Å². The van der Waals surface area contributed by atoms with Crippen LogP contribution in [0.25, 0.3) is 11.4 Å². The molecule has 0 saturated heterocycles. The predicted molar refractivity (Wildman–Crippen MR) is 133 cm³/mol. The molecule has 1 saturated carbocycles. The first kappa shape index (κ1) is 24.0. The molecule has 2 nitrogen and oxygen atoms in total. The Morgan fingerprint density at radius 1 is 0.839 bits per heavy atom. The van der Waals surface area contributed by atoms with Crippen LogP contribution in [-0.4, -0.2) is 9.97 Å². The highest BCUT2D eigenvalue weighted by atomic mass is 35.5. The molecule has 0 unspecified atom stereocenters. The van der Waals surface area contributed by atoms with Crippen molar-refractivity contribution in [3.63, 3.8) is 0 Å². The summed E-state index contributed by atoms with van der Waals surface area (Å²) in [6, 6.07) is 8.56. The van der Waals surface area contributed by atoms with Gasteiger partial charge in [0.05, 0.1) is 0 Å². The van der Waals surface area contributed by atoms with E-state index < -0.39 is 0 Å². The van der Waals surface area contributed by atoms with Gasteiger partial charge in [0.25, 0.3) is 0 Å². The zero-order chi connectivity index (χ0) is 21.7. The number of hydrogen-bond acceptors (Lipinski definition) is 2. The molecule has 168 valence electrons. The molecule has 0 amide bonds. The topological polar surface area (TPSA) is 25.8 Å². The number of hydrogen-bond donors (Lipinski definition) is 0. The minimum atomic E-state index is 0.819. The van der Waals surface area contributed by atoms with Gasteiger partial charge in [0.1, 0.15) is 0 Å². The van der Waals surface area contributed by atoms with Gasteiger partial charge in [0.15, 0.2) is 5.82 Å². The number of halogens is 1. The fourth-order valence-corrected chi connectivity index (χ4v) is 4.93. The Kier molecular flexibility index (Phi) is 10.6. The third-order valence-corrected chi connectivity index (χ3v) is 7.06. The molecular formula is C28H39ClN2. The summed E-state index contributed by atoms with van der Waals surface area (Å²) in [5, 5.41) is 0. The minimum Gasteiger partial charge on any atom is -0.236 e. The highest BCUT2D eigenvalue weighted by Crippen LogP contribution is 2.34. The van der Waals surface area contributed by atoms with E-state index in [1.807, 2.05) is 18.5 Å². The Morgan fingerprint density at radius 3 is 2.16 bits per heavy atom. The molecule has 31 heavy (non-hydrogen) atoms. The first-order valence-corrected chi connectivity index (χ1v) is 12.9. The Hall–Kier alpha value is -1.67. The summed E-state index contributed by atoms with van der Waals surface area (Å²) in [5.41, 5.74) is 5.26. The van der Waals surface area contributed by atoms with Gasteiger partial charge in [-0.2, -0.15) is 0 Å². The van der Waals surface area contributed by atoms with E-state index in [1.165, 1.54) is 75.3 Å². The molecule has 0 bridgehead atoms. The highest BCUT2D eigenvalue weighted by Gasteiger charge is 2.20. The number of unbranched alkanes of at least 4 members (excludes halogenated alkanes) is 3. The summed E-state index contributed by atoms with van der Waals surface area (Å²) in [6.07, 6.45) is 23.3. The van der Waals surface area contributed by atoms with Gasteiger partial charge in [0, 0.05) is 23.5 Å². The lowest BCUT2D eigenvalue weighted by molar-refractivity contribution is 0.249. The van der Waals surface area contributed by atoms with Gasteiger partial charge in [-0.25, -0.2) is 9.97 Å². The summed E-state index contributed by atoms with van der Waals surface area (Å²) in [7, 11) is 0. The molecule has 1 fully saturated rings. The molecule has 1 aliphatic rings. The Balaban J connectivity index is 1.39. The summed E-state index contributed by atoms with van der Waals surface area (Å²) in [6.45, 7) is 2.30. The molecule has 1 heterocycles. The van der Waals surface area contributed by atoms with Crippen LogP contribution in [0.2, 0.25) is 0 Å². The average molecular weight is 439 g/mol. The predicted octanol–water partition coefficient (Wildman–Crippen LogP) is 8.54. The van der Waals surface area contributed by atoms with E-state index in [0.717, 1.165) is 42.5 Å². The Morgan fingerprint density at radius 2 is 1.52 bits per heavy atom. The first-order valence-electron chi connectivity index (χ1n) is 12.4. The molecule has 1 aliphatic carbocycles. The molecule has 1 aromatic carbocycles. The van der Waals surface area contributed by atoms with Gasteiger partial charge < -0.3 is 0 Å². The van der Waals surface area contributed by atoms with E-state index in [4.69, 9.17) is 11.6 Å². The standard InChI is InChI=1S/C28H39ClN2/c1-2-3-4-5-8-23-10-12-25(13-11-23)14-15-26-21-30-28(31-22-26)27-18-16-24(17-19-27)9-6-7-20-29/h7,16-23,25H,2-6,8-15H2,1H3. The summed E-state index contributed by atoms with van der Waals surface area (Å²) in [4.78, 5) is 9.28. The van der Waals surface area contributed by atoms with E-state index >= 15 is 0 Å². The largest absolute Gasteiger partial charge is 0.236 e. The maximum Gasteiger partial charge on any atom is 0.159 e. The van der Waals surface area contributed by atoms with E-state index in [1.54, 1.807) is 5.54 Å². The Bertz CT molecular complexity index is 759. The van der Waals surface area contributed by atoms with Crippen molar-refractivity contribution in [3.8, 4) is 11.4 Å². The van der Waals surface area contributed by atoms with Crippen molar-refractivity contribution in [1.82, 2.24) is 9.97 Å². The third-order valence-electron chi connectivity index (χ3n) is 6.88. The van der Waals surface area contributed by atoms with Gasteiger partial charge in [-0.3, -0.25) is 0 Å². The molecule has 0 N–H and O–H groups in total. The first-order chi connectivity index (χ1) is 15.3. The van der Waals surface area contributed by atoms with Gasteiger partial charge in [0.2, 0.25) is 0 Å². The third kappa shape index (κ3) is 8.41. The van der Waals surface area contributed by atoms with E-state index in [2.05, 4.69) is 41.2 Å². The van der Waals surface area contributed by atoms with Gasteiger partial charge in [-0.1, -0.05) is 107 Å². The molecule has 1 aromatic heterocycles. The fraction of sp³-hybridized carbons (Fsp3) is 0.571. The molecule has 0 radical (unpaired) electrons. The molecule has 2 aromatic rings. The summed E-state index contributed by atoms with van der Waals surface area (Å²) >= 11 is 5.59. The van der Waals surface area contributed by atoms with E-state index in [9.17, 15) is 0 Å². The van der Waals surface area contributed by atoms with Crippen LogP contribution in [0.15, 0.2) is 48.3 Å². The van der Waals surface area contributed by atoms with Gasteiger partial charge in [-0.15, -0.1) is 0 Å². The van der Waals surface area contributed by atoms with Crippen molar-refractivity contribution in [3.05, 3.63) is 59.4 Å². The number of nitrogens with zero attached hydrogens (tertiary/aromatic N) is 2. The van der Waals surface area contributed by atoms with Crippen molar-refractivity contribution in [2.45, 2.75) is 90.4 Å². The Labute approximate surface area is 194 Å². The molecule has 0 atom stereocenters. The van der Waals surface area contributed by atoms with Crippen molar-refractivity contribution in [2.75, 3.05) is 0 Å². The average Bonchev–Trinajstić information content (AvgIpc) is 2.82. The number of benzene rings is 1. The molecular weight excluding hydrogens is 400 g/mol. The lowest BCUT2D eigenvalue weighted by Crippen LogP contribution is -2.15. The minimum absolute atomic E-state index is 0.819. The van der Waals surface area contributed by atoms with Crippen LogP contribution in [0.3, 0.4) is 0 Å². The van der Waals surface area contributed by atoms with Gasteiger partial charge in [-0.05, 0) is 48.6 Å². The normalized spacial score (nSPS) is 19.2. The molecule has 0 spiro atoms. The zero-order valence-electron chi connectivity index (χ0n) is 19.2.